The fourth-order valence-corrected chi connectivity index (χ4v) is 2.65. The van der Waals surface area contributed by atoms with Crippen molar-refractivity contribution in [2.24, 2.45) is 5.73 Å². The van der Waals surface area contributed by atoms with Gasteiger partial charge < -0.3 is 10.2 Å². The third-order valence-electron chi connectivity index (χ3n) is 2.68. The van der Waals surface area contributed by atoms with Crippen LogP contribution in [0.2, 0.25) is 5.02 Å². The molecule has 3 rings (SSSR count). The molecular formula is C13H9ClN2O2S. The normalized spacial score (nSPS) is 11.1. The van der Waals surface area contributed by atoms with E-state index in [1.807, 2.05) is 12.1 Å². The van der Waals surface area contributed by atoms with Crippen molar-refractivity contribution in [1.82, 2.24) is 4.98 Å². The Bertz CT molecular complexity index is 763. The molecule has 0 unspecified atom stereocenters. The first kappa shape index (κ1) is 12.3. The Morgan fingerprint density at radius 3 is 3.00 bits per heavy atom. The van der Waals surface area contributed by atoms with Gasteiger partial charge in [0.15, 0.2) is 11.3 Å². The molecule has 0 saturated carbocycles. The maximum atomic E-state index is 12.2. The van der Waals surface area contributed by atoms with E-state index in [4.69, 9.17) is 21.8 Å². The Kier molecular flexibility index (Phi) is 3.10. The van der Waals surface area contributed by atoms with Crippen molar-refractivity contribution in [3.63, 3.8) is 0 Å². The van der Waals surface area contributed by atoms with Gasteiger partial charge in [-0.2, -0.15) is 0 Å². The van der Waals surface area contributed by atoms with Gasteiger partial charge in [0.1, 0.15) is 10.7 Å². The van der Waals surface area contributed by atoms with Gasteiger partial charge in [-0.15, -0.1) is 11.3 Å². The summed E-state index contributed by atoms with van der Waals surface area (Å²) < 4.78 is 5.51. The number of hydrogen-bond donors (Lipinski definition) is 1. The second-order valence-corrected chi connectivity index (χ2v) is 5.28. The van der Waals surface area contributed by atoms with Gasteiger partial charge in [-0.25, -0.2) is 4.98 Å². The summed E-state index contributed by atoms with van der Waals surface area (Å²) in [7, 11) is 0. The molecule has 0 radical (unpaired) electrons. The van der Waals surface area contributed by atoms with Gasteiger partial charge in [0.05, 0.1) is 5.02 Å². The van der Waals surface area contributed by atoms with E-state index in [2.05, 4.69) is 4.98 Å². The molecule has 0 fully saturated rings. The van der Waals surface area contributed by atoms with E-state index < -0.39 is 0 Å². The zero-order valence-electron chi connectivity index (χ0n) is 9.72. The number of furan rings is 1. The van der Waals surface area contributed by atoms with Crippen LogP contribution in [0.5, 0.6) is 0 Å². The van der Waals surface area contributed by atoms with Crippen LogP contribution in [0.15, 0.2) is 34.1 Å². The first-order chi connectivity index (χ1) is 9.19. The highest BCUT2D eigenvalue weighted by Crippen LogP contribution is 2.27. The highest BCUT2D eigenvalue weighted by molar-refractivity contribution is 7.09. The average Bonchev–Trinajstić information content (AvgIpc) is 3.05. The van der Waals surface area contributed by atoms with Gasteiger partial charge in [-0.05, 0) is 12.1 Å². The van der Waals surface area contributed by atoms with Crippen molar-refractivity contribution in [2.45, 2.75) is 6.54 Å². The highest BCUT2D eigenvalue weighted by atomic mass is 35.5. The van der Waals surface area contributed by atoms with Crippen molar-refractivity contribution in [1.29, 1.82) is 0 Å². The molecule has 0 spiro atoms. The van der Waals surface area contributed by atoms with E-state index in [9.17, 15) is 4.79 Å². The number of hydrogen-bond acceptors (Lipinski definition) is 5. The van der Waals surface area contributed by atoms with Crippen molar-refractivity contribution in [2.75, 3.05) is 0 Å². The van der Waals surface area contributed by atoms with Gasteiger partial charge in [0, 0.05) is 17.3 Å². The Labute approximate surface area is 117 Å². The van der Waals surface area contributed by atoms with E-state index in [1.54, 1.807) is 17.5 Å². The monoisotopic (exact) mass is 292 g/mol. The summed E-state index contributed by atoms with van der Waals surface area (Å²) in [6, 6.07) is 7.04. The van der Waals surface area contributed by atoms with E-state index >= 15 is 0 Å². The summed E-state index contributed by atoms with van der Waals surface area (Å²) in [6.07, 6.45) is 0. The van der Waals surface area contributed by atoms with Gasteiger partial charge in [0.2, 0.25) is 5.78 Å². The number of carbonyl (C=O) groups excluding carboxylic acids is 1. The van der Waals surface area contributed by atoms with Crippen LogP contribution < -0.4 is 5.73 Å². The minimum atomic E-state index is -0.261. The van der Waals surface area contributed by atoms with Crippen molar-refractivity contribution in [3.8, 4) is 0 Å². The number of nitrogens with zero attached hydrogens (tertiary/aromatic N) is 1. The number of fused-ring (bicyclic) bond motifs is 1. The predicted octanol–water partition coefficient (Wildman–Crippen LogP) is 3.23. The Hall–Kier alpha value is -1.69. The van der Waals surface area contributed by atoms with Gasteiger partial charge in [-0.1, -0.05) is 23.7 Å². The van der Waals surface area contributed by atoms with Crippen LogP contribution in [0.25, 0.3) is 11.0 Å². The molecule has 2 aromatic heterocycles. The van der Waals surface area contributed by atoms with Gasteiger partial charge in [0.25, 0.3) is 0 Å². The Morgan fingerprint density at radius 1 is 1.47 bits per heavy atom. The number of ketones is 1. The number of para-hydroxylation sites is 1. The third kappa shape index (κ3) is 2.16. The number of halogens is 1. The fraction of sp³-hybridized carbons (Fsp3) is 0.0769. The topological polar surface area (TPSA) is 69.1 Å². The standard InChI is InChI=1S/C13H9ClN2O2S/c14-8-3-1-2-7-4-10(18-13(7)8)12(17)9-6-19-11(5-15)16-9/h1-4,6H,5,15H2. The molecule has 96 valence electrons. The van der Waals surface area contributed by atoms with Crippen LogP contribution in [0.1, 0.15) is 21.3 Å². The predicted molar refractivity (Wildman–Crippen MR) is 74.7 cm³/mol. The largest absolute Gasteiger partial charge is 0.451 e. The quantitative estimate of drug-likeness (QED) is 0.753. The zero-order valence-corrected chi connectivity index (χ0v) is 11.3. The molecule has 0 amide bonds. The lowest BCUT2D eigenvalue weighted by Crippen LogP contribution is -2.02. The summed E-state index contributed by atoms with van der Waals surface area (Å²) in [6.45, 7) is 0.323. The number of thiazole rings is 1. The minimum Gasteiger partial charge on any atom is -0.451 e. The smallest absolute Gasteiger partial charge is 0.247 e. The molecule has 0 bridgehead atoms. The van der Waals surface area contributed by atoms with Crippen molar-refractivity contribution >= 4 is 39.7 Å². The first-order valence-electron chi connectivity index (χ1n) is 5.56. The molecule has 2 heterocycles. The van der Waals surface area contributed by atoms with Crippen LogP contribution >= 0.6 is 22.9 Å². The highest BCUT2D eigenvalue weighted by Gasteiger charge is 2.18. The van der Waals surface area contributed by atoms with Crippen molar-refractivity contribution in [3.05, 3.63) is 51.1 Å². The average molecular weight is 293 g/mol. The maximum absolute atomic E-state index is 12.2. The maximum Gasteiger partial charge on any atom is 0.247 e. The van der Waals surface area contributed by atoms with E-state index in [-0.39, 0.29) is 11.5 Å². The summed E-state index contributed by atoms with van der Waals surface area (Å²) in [5, 5.41) is 3.68. The Balaban J connectivity index is 2.04. The molecule has 3 aromatic rings. The van der Waals surface area contributed by atoms with Crippen LogP contribution in [0, 0.1) is 0 Å². The lowest BCUT2D eigenvalue weighted by Gasteiger charge is -1.92. The van der Waals surface area contributed by atoms with Crippen LogP contribution in [-0.2, 0) is 6.54 Å². The SMILES string of the molecule is NCc1nc(C(=O)c2cc3cccc(Cl)c3o2)cs1. The van der Waals surface area contributed by atoms with E-state index in [0.717, 1.165) is 10.4 Å². The van der Waals surface area contributed by atoms with Crippen LogP contribution in [-0.4, -0.2) is 10.8 Å². The number of carbonyl (C=O) groups is 1. The van der Waals surface area contributed by atoms with Crippen LogP contribution in [0.4, 0.5) is 0 Å². The molecule has 0 aliphatic heterocycles. The fourth-order valence-electron chi connectivity index (χ4n) is 1.77. The second-order valence-electron chi connectivity index (χ2n) is 3.93. The number of rotatable bonds is 3. The van der Waals surface area contributed by atoms with E-state index in [1.165, 1.54) is 11.3 Å². The second kappa shape index (κ2) is 4.77. The molecule has 0 saturated heterocycles. The molecule has 4 nitrogen and oxygen atoms in total. The van der Waals surface area contributed by atoms with Gasteiger partial charge in [-0.3, -0.25) is 4.79 Å². The first-order valence-corrected chi connectivity index (χ1v) is 6.82. The lowest BCUT2D eigenvalue weighted by atomic mass is 10.2. The molecule has 2 N–H and O–H groups in total. The molecule has 0 atom stereocenters. The molecule has 1 aromatic carbocycles. The molecule has 19 heavy (non-hydrogen) atoms. The Morgan fingerprint density at radius 2 is 2.32 bits per heavy atom. The lowest BCUT2D eigenvalue weighted by molar-refractivity contribution is 0.101. The van der Waals surface area contributed by atoms with E-state index in [0.29, 0.717) is 22.8 Å². The molecular weight excluding hydrogens is 284 g/mol. The molecule has 6 heteroatoms. The molecule has 0 aliphatic rings. The van der Waals surface area contributed by atoms with Crippen molar-refractivity contribution < 1.29 is 9.21 Å². The summed E-state index contributed by atoms with van der Waals surface area (Å²) in [4.78, 5) is 16.4. The van der Waals surface area contributed by atoms with Crippen LogP contribution in [0.3, 0.4) is 0 Å². The minimum absolute atomic E-state index is 0.233. The number of nitrogens with two attached hydrogens (primary N) is 1. The summed E-state index contributed by atoms with van der Waals surface area (Å²) in [5.74, 6) is -0.0276. The number of aromatic nitrogens is 1. The number of benzene rings is 1. The summed E-state index contributed by atoms with van der Waals surface area (Å²) in [5.41, 5.74) is 6.34. The van der Waals surface area contributed by atoms with Gasteiger partial charge >= 0.3 is 0 Å². The molecule has 0 aliphatic carbocycles. The third-order valence-corrected chi connectivity index (χ3v) is 3.85. The summed E-state index contributed by atoms with van der Waals surface area (Å²) >= 11 is 7.37. The zero-order chi connectivity index (χ0) is 13.4.